The van der Waals surface area contributed by atoms with Crippen LogP contribution in [0, 0.1) is 5.92 Å². The first-order valence-electron chi connectivity index (χ1n) is 8.60. The molecule has 1 aliphatic rings. The summed E-state index contributed by atoms with van der Waals surface area (Å²) in [7, 11) is 0. The first kappa shape index (κ1) is 18.8. The van der Waals surface area contributed by atoms with Crippen LogP contribution in [0.3, 0.4) is 0 Å². The maximum Gasteiger partial charge on any atom is 0.410 e. The third-order valence-electron chi connectivity index (χ3n) is 4.03. The number of carbonyl (C=O) groups excluding carboxylic acids is 2. The Balaban J connectivity index is 1.50. The topological polar surface area (TPSA) is 71.5 Å². The number of piperidine rings is 1. The van der Waals surface area contributed by atoms with Gasteiger partial charge in [-0.25, -0.2) is 9.78 Å². The van der Waals surface area contributed by atoms with Crippen molar-refractivity contribution in [3.8, 4) is 10.6 Å². The molecule has 8 heteroatoms. The number of anilines is 1. The van der Waals surface area contributed by atoms with Crippen LogP contribution in [0.15, 0.2) is 22.9 Å². The van der Waals surface area contributed by atoms with Crippen LogP contribution in [0.5, 0.6) is 0 Å². The molecule has 140 valence electrons. The summed E-state index contributed by atoms with van der Waals surface area (Å²) in [6.07, 6.45) is 0.958. The van der Waals surface area contributed by atoms with E-state index in [1.54, 1.807) is 16.2 Å². The summed E-state index contributed by atoms with van der Waals surface area (Å²) in [5, 5.41) is 7.49. The number of aromatic nitrogens is 1. The zero-order chi connectivity index (χ0) is 18.7. The largest absolute Gasteiger partial charge is 0.444 e. The van der Waals surface area contributed by atoms with Crippen molar-refractivity contribution in [1.82, 2.24) is 9.88 Å². The smallest absolute Gasteiger partial charge is 0.410 e. The van der Waals surface area contributed by atoms with E-state index in [1.165, 1.54) is 11.3 Å². The molecule has 0 unspecified atom stereocenters. The number of thiazole rings is 1. The van der Waals surface area contributed by atoms with Crippen molar-refractivity contribution in [2.45, 2.75) is 39.2 Å². The Kier molecular flexibility index (Phi) is 5.62. The monoisotopic (exact) mass is 393 g/mol. The standard InChI is InChI=1S/C18H23N3O3S2/c1-18(2,3)24-17(23)21-8-6-12(7-9-21)15(22)20-16-19-13(11-26-16)14-5-4-10-25-14/h4-5,10-12H,6-9H2,1-3H3,(H,19,20,22). The summed E-state index contributed by atoms with van der Waals surface area (Å²) >= 11 is 3.06. The van der Waals surface area contributed by atoms with E-state index in [1.807, 2.05) is 43.7 Å². The molecular weight excluding hydrogens is 370 g/mol. The normalized spacial score (nSPS) is 15.7. The Morgan fingerprint density at radius 3 is 2.62 bits per heavy atom. The van der Waals surface area contributed by atoms with Crippen LogP contribution in [0.4, 0.5) is 9.93 Å². The molecule has 3 rings (SSSR count). The van der Waals surface area contributed by atoms with Gasteiger partial charge in [0.1, 0.15) is 5.60 Å². The Bertz CT molecular complexity index is 757. The second-order valence-electron chi connectivity index (χ2n) is 7.25. The lowest BCUT2D eigenvalue weighted by Crippen LogP contribution is -2.43. The molecule has 6 nitrogen and oxygen atoms in total. The van der Waals surface area contributed by atoms with Crippen LogP contribution >= 0.6 is 22.7 Å². The van der Waals surface area contributed by atoms with Crippen LogP contribution in [-0.2, 0) is 9.53 Å². The molecule has 0 aromatic carbocycles. The minimum atomic E-state index is -0.504. The highest BCUT2D eigenvalue weighted by molar-refractivity contribution is 7.16. The number of likely N-dealkylation sites (tertiary alicyclic amines) is 1. The summed E-state index contributed by atoms with van der Waals surface area (Å²) in [5.41, 5.74) is 0.385. The lowest BCUT2D eigenvalue weighted by molar-refractivity contribution is -0.121. The molecule has 0 spiro atoms. The van der Waals surface area contributed by atoms with Crippen molar-refractivity contribution in [2.75, 3.05) is 18.4 Å². The van der Waals surface area contributed by atoms with Gasteiger partial charge >= 0.3 is 6.09 Å². The van der Waals surface area contributed by atoms with Crippen LogP contribution < -0.4 is 5.32 Å². The van der Waals surface area contributed by atoms with Gasteiger partial charge in [-0.05, 0) is 45.1 Å². The van der Waals surface area contributed by atoms with E-state index < -0.39 is 5.60 Å². The zero-order valence-corrected chi connectivity index (χ0v) is 16.8. The molecule has 0 atom stereocenters. The Labute approximate surface area is 161 Å². The third kappa shape index (κ3) is 4.82. The Morgan fingerprint density at radius 1 is 1.27 bits per heavy atom. The molecule has 26 heavy (non-hydrogen) atoms. The number of carbonyl (C=O) groups is 2. The molecule has 0 bridgehead atoms. The second-order valence-corrected chi connectivity index (χ2v) is 9.05. The molecule has 0 radical (unpaired) electrons. The van der Waals surface area contributed by atoms with Gasteiger partial charge in [0.15, 0.2) is 5.13 Å². The third-order valence-corrected chi connectivity index (χ3v) is 5.68. The molecule has 1 fully saturated rings. The summed E-state index contributed by atoms with van der Waals surface area (Å²) in [6, 6.07) is 3.99. The van der Waals surface area contributed by atoms with Gasteiger partial charge < -0.3 is 15.0 Å². The summed E-state index contributed by atoms with van der Waals surface area (Å²) in [5.74, 6) is -0.135. The fourth-order valence-corrected chi connectivity index (χ4v) is 4.20. The van der Waals surface area contributed by atoms with Crippen molar-refractivity contribution >= 4 is 39.8 Å². The van der Waals surface area contributed by atoms with Crippen LogP contribution in [0.2, 0.25) is 0 Å². The summed E-state index contributed by atoms with van der Waals surface area (Å²) in [4.78, 5) is 31.8. The fourth-order valence-electron chi connectivity index (χ4n) is 2.73. The van der Waals surface area contributed by atoms with E-state index >= 15 is 0 Å². The molecule has 1 saturated heterocycles. The van der Waals surface area contributed by atoms with Gasteiger partial charge in [0.05, 0.1) is 10.6 Å². The van der Waals surface area contributed by atoms with E-state index in [-0.39, 0.29) is 17.9 Å². The number of hydrogen-bond donors (Lipinski definition) is 1. The second kappa shape index (κ2) is 7.75. The van der Waals surface area contributed by atoms with E-state index in [2.05, 4.69) is 10.3 Å². The predicted octanol–water partition coefficient (Wildman–Crippen LogP) is 4.46. The number of thiophene rings is 1. The first-order chi connectivity index (χ1) is 12.3. The first-order valence-corrected chi connectivity index (χ1v) is 10.4. The molecule has 0 saturated carbocycles. The molecule has 2 amide bonds. The van der Waals surface area contributed by atoms with Crippen LogP contribution in [-0.4, -0.2) is 40.6 Å². The minimum Gasteiger partial charge on any atom is -0.444 e. The zero-order valence-electron chi connectivity index (χ0n) is 15.2. The van der Waals surface area contributed by atoms with Crippen molar-refractivity contribution in [3.05, 3.63) is 22.9 Å². The quantitative estimate of drug-likeness (QED) is 0.836. The highest BCUT2D eigenvalue weighted by atomic mass is 32.1. The van der Waals surface area contributed by atoms with Crippen LogP contribution in [0.1, 0.15) is 33.6 Å². The maximum absolute atomic E-state index is 12.5. The number of nitrogens with one attached hydrogen (secondary N) is 1. The Hall–Kier alpha value is -1.93. The van der Waals surface area contributed by atoms with E-state index in [9.17, 15) is 9.59 Å². The fraction of sp³-hybridized carbons (Fsp3) is 0.500. The van der Waals surface area contributed by atoms with Gasteiger partial charge in [0, 0.05) is 24.4 Å². The number of rotatable bonds is 3. The lowest BCUT2D eigenvalue weighted by Gasteiger charge is -2.32. The van der Waals surface area contributed by atoms with Gasteiger partial charge in [-0.15, -0.1) is 22.7 Å². The molecule has 2 aromatic rings. The van der Waals surface area contributed by atoms with Crippen molar-refractivity contribution in [2.24, 2.45) is 5.92 Å². The number of amides is 2. The van der Waals surface area contributed by atoms with Gasteiger partial charge in [0.2, 0.25) is 5.91 Å². The summed E-state index contributed by atoms with van der Waals surface area (Å²) in [6.45, 7) is 6.62. The number of nitrogens with zero attached hydrogens (tertiary/aromatic N) is 2. The lowest BCUT2D eigenvalue weighted by atomic mass is 9.96. The molecular formula is C18H23N3O3S2. The maximum atomic E-state index is 12.5. The molecule has 1 N–H and O–H groups in total. The van der Waals surface area contributed by atoms with Crippen molar-refractivity contribution < 1.29 is 14.3 Å². The average Bonchev–Trinajstić information content (AvgIpc) is 3.24. The highest BCUT2D eigenvalue weighted by Gasteiger charge is 2.30. The SMILES string of the molecule is CC(C)(C)OC(=O)N1CCC(C(=O)Nc2nc(-c3cccs3)cs2)CC1. The summed E-state index contributed by atoms with van der Waals surface area (Å²) < 4.78 is 5.39. The Morgan fingerprint density at radius 2 is 2.00 bits per heavy atom. The predicted molar refractivity (Wildman–Crippen MR) is 105 cm³/mol. The molecule has 3 heterocycles. The average molecular weight is 394 g/mol. The van der Waals surface area contributed by atoms with E-state index in [4.69, 9.17) is 4.74 Å². The molecule has 1 aliphatic heterocycles. The number of hydrogen-bond acceptors (Lipinski definition) is 6. The molecule has 2 aromatic heterocycles. The van der Waals surface area contributed by atoms with Gasteiger partial charge in [-0.3, -0.25) is 4.79 Å². The van der Waals surface area contributed by atoms with E-state index in [0.29, 0.717) is 31.1 Å². The highest BCUT2D eigenvalue weighted by Crippen LogP contribution is 2.29. The minimum absolute atomic E-state index is 0.0269. The van der Waals surface area contributed by atoms with Crippen molar-refractivity contribution in [3.63, 3.8) is 0 Å². The van der Waals surface area contributed by atoms with Gasteiger partial charge in [0.25, 0.3) is 0 Å². The van der Waals surface area contributed by atoms with Gasteiger partial charge in [-0.1, -0.05) is 6.07 Å². The molecule has 0 aliphatic carbocycles. The van der Waals surface area contributed by atoms with Crippen molar-refractivity contribution in [1.29, 1.82) is 0 Å². The van der Waals surface area contributed by atoms with Gasteiger partial charge in [-0.2, -0.15) is 0 Å². The van der Waals surface area contributed by atoms with E-state index in [0.717, 1.165) is 10.6 Å². The number of ether oxygens (including phenoxy) is 1. The van der Waals surface area contributed by atoms with Crippen LogP contribution in [0.25, 0.3) is 10.6 Å².